The molecule has 0 bridgehead atoms. The van der Waals surface area contributed by atoms with E-state index in [-0.39, 0.29) is 11.9 Å². The fourth-order valence-corrected chi connectivity index (χ4v) is 2.75. The average Bonchev–Trinajstić information content (AvgIpc) is 3.20. The summed E-state index contributed by atoms with van der Waals surface area (Å²) in [6, 6.07) is 7.98. The van der Waals surface area contributed by atoms with Crippen LogP contribution in [0.3, 0.4) is 0 Å². The van der Waals surface area contributed by atoms with Crippen molar-refractivity contribution in [3.05, 3.63) is 54.4 Å². The van der Waals surface area contributed by atoms with Gasteiger partial charge in [0.25, 0.3) is 0 Å². The normalized spacial score (nSPS) is 18.3. The largest absolute Gasteiger partial charge is 0.350 e. The Bertz CT molecular complexity index is 646. The monoisotopic (exact) mass is 296 g/mol. The van der Waals surface area contributed by atoms with Crippen molar-refractivity contribution in [2.24, 2.45) is 5.92 Å². The van der Waals surface area contributed by atoms with Crippen LogP contribution in [0.5, 0.6) is 0 Å². The van der Waals surface area contributed by atoms with E-state index in [1.54, 1.807) is 17.1 Å². The number of nitrogens with one attached hydrogen (secondary N) is 1. The second-order valence-corrected chi connectivity index (χ2v) is 5.70. The Balaban J connectivity index is 1.58. The molecule has 1 aliphatic rings. The molecule has 1 heterocycles. The maximum absolute atomic E-state index is 12.1. The number of allylic oxidation sites excluding steroid dienone is 2. The number of nitrogens with zero attached hydrogens (tertiary/aromatic N) is 3. The average molecular weight is 296 g/mol. The molecular weight excluding hydrogens is 276 g/mol. The molecule has 0 fully saturated rings. The molecule has 1 aromatic heterocycles. The fourth-order valence-electron chi connectivity index (χ4n) is 2.75. The van der Waals surface area contributed by atoms with Gasteiger partial charge in [0, 0.05) is 6.42 Å². The van der Waals surface area contributed by atoms with Crippen LogP contribution in [0.4, 0.5) is 0 Å². The molecule has 3 rings (SSSR count). The molecule has 1 aliphatic carbocycles. The van der Waals surface area contributed by atoms with Crippen molar-refractivity contribution in [2.45, 2.75) is 32.2 Å². The maximum Gasteiger partial charge on any atom is 0.221 e. The van der Waals surface area contributed by atoms with Crippen LogP contribution in [0, 0.1) is 5.92 Å². The van der Waals surface area contributed by atoms with Crippen molar-refractivity contribution < 1.29 is 4.79 Å². The summed E-state index contributed by atoms with van der Waals surface area (Å²) in [5.74, 6) is 0.520. The summed E-state index contributed by atoms with van der Waals surface area (Å²) in [4.78, 5) is 12.1. The lowest BCUT2D eigenvalue weighted by Gasteiger charge is -2.16. The third kappa shape index (κ3) is 3.42. The minimum Gasteiger partial charge on any atom is -0.350 e. The van der Waals surface area contributed by atoms with Gasteiger partial charge in [-0.1, -0.05) is 29.5 Å². The van der Waals surface area contributed by atoms with Gasteiger partial charge in [-0.25, -0.2) is 4.68 Å². The zero-order chi connectivity index (χ0) is 15.4. The van der Waals surface area contributed by atoms with Gasteiger partial charge in [-0.2, -0.15) is 0 Å². The Morgan fingerprint density at radius 2 is 2.23 bits per heavy atom. The topological polar surface area (TPSA) is 59.8 Å². The number of rotatable bonds is 5. The van der Waals surface area contributed by atoms with Crippen LogP contribution < -0.4 is 5.32 Å². The van der Waals surface area contributed by atoms with E-state index in [0.717, 1.165) is 24.1 Å². The fraction of sp³-hybridized carbons (Fsp3) is 0.353. The molecule has 114 valence electrons. The summed E-state index contributed by atoms with van der Waals surface area (Å²) < 4.78 is 1.71. The highest BCUT2D eigenvalue weighted by Gasteiger charge is 2.16. The lowest BCUT2D eigenvalue weighted by atomic mass is 10.0. The Kier molecular flexibility index (Phi) is 4.32. The highest BCUT2D eigenvalue weighted by atomic mass is 16.1. The first kappa shape index (κ1) is 14.5. The van der Waals surface area contributed by atoms with Crippen LogP contribution in [0.25, 0.3) is 5.69 Å². The van der Waals surface area contributed by atoms with Crippen LogP contribution in [-0.2, 0) is 4.79 Å². The summed E-state index contributed by atoms with van der Waals surface area (Å²) in [5.41, 5.74) is 2.04. The SMILES string of the molecule is C[C@H](NC(=O)C[C@H]1C=CCC1)c1ccc(-n2ccnn2)cc1. The van der Waals surface area contributed by atoms with Crippen LogP contribution in [-0.4, -0.2) is 20.9 Å². The molecule has 0 unspecified atom stereocenters. The van der Waals surface area contributed by atoms with Crippen molar-refractivity contribution in [3.63, 3.8) is 0 Å². The van der Waals surface area contributed by atoms with Crippen molar-refractivity contribution >= 4 is 5.91 Å². The first-order valence-electron chi connectivity index (χ1n) is 7.65. The Labute approximate surface area is 130 Å². The van der Waals surface area contributed by atoms with E-state index in [9.17, 15) is 4.79 Å². The Morgan fingerprint density at radius 1 is 1.41 bits per heavy atom. The first-order chi connectivity index (χ1) is 10.7. The minimum absolute atomic E-state index is 0.00248. The number of carbonyl (C=O) groups is 1. The van der Waals surface area contributed by atoms with Gasteiger partial charge < -0.3 is 5.32 Å². The molecule has 1 aromatic carbocycles. The van der Waals surface area contributed by atoms with Gasteiger partial charge >= 0.3 is 0 Å². The molecular formula is C17H20N4O. The quantitative estimate of drug-likeness (QED) is 0.863. The number of amides is 1. The molecule has 5 nitrogen and oxygen atoms in total. The van der Waals surface area contributed by atoms with E-state index < -0.39 is 0 Å². The molecule has 0 aliphatic heterocycles. The molecule has 0 saturated carbocycles. The van der Waals surface area contributed by atoms with Gasteiger partial charge in [0.2, 0.25) is 5.91 Å². The number of hydrogen-bond acceptors (Lipinski definition) is 3. The standard InChI is InChI=1S/C17H20N4O/c1-13(19-17(22)12-14-4-2-3-5-14)15-6-8-16(9-7-15)21-11-10-18-20-21/h2,4,6-11,13-14H,3,5,12H2,1H3,(H,19,22)/t13-,14-/m0/s1. The van der Waals surface area contributed by atoms with Crippen LogP contribution >= 0.6 is 0 Å². The number of carbonyl (C=O) groups excluding carboxylic acids is 1. The highest BCUT2D eigenvalue weighted by molar-refractivity contribution is 5.77. The van der Waals surface area contributed by atoms with Crippen molar-refractivity contribution in [1.82, 2.24) is 20.3 Å². The van der Waals surface area contributed by atoms with E-state index in [2.05, 4.69) is 27.8 Å². The lowest BCUT2D eigenvalue weighted by Crippen LogP contribution is -2.27. The maximum atomic E-state index is 12.1. The molecule has 0 saturated heterocycles. The smallest absolute Gasteiger partial charge is 0.221 e. The number of aromatic nitrogens is 3. The Hall–Kier alpha value is -2.43. The molecule has 1 amide bonds. The lowest BCUT2D eigenvalue weighted by molar-refractivity contribution is -0.122. The third-order valence-corrected chi connectivity index (χ3v) is 4.02. The summed E-state index contributed by atoms with van der Waals surface area (Å²) in [7, 11) is 0. The van der Waals surface area contributed by atoms with E-state index in [1.807, 2.05) is 31.2 Å². The van der Waals surface area contributed by atoms with E-state index >= 15 is 0 Å². The van der Waals surface area contributed by atoms with Crippen molar-refractivity contribution in [1.29, 1.82) is 0 Å². The highest BCUT2D eigenvalue weighted by Crippen LogP contribution is 2.21. The zero-order valence-corrected chi connectivity index (χ0v) is 12.6. The minimum atomic E-state index is 0.00248. The van der Waals surface area contributed by atoms with Crippen LogP contribution in [0.15, 0.2) is 48.8 Å². The van der Waals surface area contributed by atoms with Crippen molar-refractivity contribution in [3.8, 4) is 5.69 Å². The van der Waals surface area contributed by atoms with Gasteiger partial charge in [0.15, 0.2) is 0 Å². The molecule has 1 N–H and O–H groups in total. The summed E-state index contributed by atoms with van der Waals surface area (Å²) in [6.07, 6.45) is 10.5. The second kappa shape index (κ2) is 6.56. The van der Waals surface area contributed by atoms with Gasteiger partial charge in [0.1, 0.15) is 0 Å². The van der Waals surface area contributed by atoms with Gasteiger partial charge in [-0.3, -0.25) is 4.79 Å². The molecule has 0 spiro atoms. The molecule has 5 heteroatoms. The molecule has 0 radical (unpaired) electrons. The van der Waals surface area contributed by atoms with E-state index in [4.69, 9.17) is 0 Å². The van der Waals surface area contributed by atoms with Crippen molar-refractivity contribution in [2.75, 3.05) is 0 Å². The van der Waals surface area contributed by atoms with E-state index in [0.29, 0.717) is 12.3 Å². The van der Waals surface area contributed by atoms with Gasteiger partial charge in [0.05, 0.1) is 24.1 Å². The number of hydrogen-bond donors (Lipinski definition) is 1. The zero-order valence-electron chi connectivity index (χ0n) is 12.6. The summed E-state index contributed by atoms with van der Waals surface area (Å²) >= 11 is 0. The van der Waals surface area contributed by atoms with Gasteiger partial charge in [-0.15, -0.1) is 5.10 Å². The van der Waals surface area contributed by atoms with Crippen LogP contribution in [0.1, 0.15) is 37.8 Å². The van der Waals surface area contributed by atoms with Crippen LogP contribution in [0.2, 0.25) is 0 Å². The predicted molar refractivity (Wildman–Crippen MR) is 84.4 cm³/mol. The van der Waals surface area contributed by atoms with Gasteiger partial charge in [-0.05, 0) is 43.4 Å². The first-order valence-corrected chi connectivity index (χ1v) is 7.65. The summed E-state index contributed by atoms with van der Waals surface area (Å²) in [5, 5.41) is 10.8. The predicted octanol–water partition coefficient (Wildman–Crippen LogP) is 2.80. The molecule has 2 aromatic rings. The number of benzene rings is 1. The summed E-state index contributed by atoms with van der Waals surface area (Å²) in [6.45, 7) is 2.01. The van der Waals surface area contributed by atoms with E-state index in [1.165, 1.54) is 0 Å². The molecule has 2 atom stereocenters. The molecule has 22 heavy (non-hydrogen) atoms. The Morgan fingerprint density at radius 3 is 2.86 bits per heavy atom. The third-order valence-electron chi connectivity index (χ3n) is 4.02. The second-order valence-electron chi connectivity index (χ2n) is 5.70.